The van der Waals surface area contributed by atoms with Gasteiger partial charge in [0, 0.05) is 71.9 Å². The maximum Gasteiger partial charge on any atom is 0.490 e. The lowest BCUT2D eigenvalue weighted by Crippen LogP contribution is -2.44. The van der Waals surface area contributed by atoms with Gasteiger partial charge in [-0.15, -0.1) is 0 Å². The molecule has 1 amide bonds. The van der Waals surface area contributed by atoms with Gasteiger partial charge in [0.05, 0.1) is 0 Å². The molecule has 0 bridgehead atoms. The first-order valence-corrected chi connectivity index (χ1v) is 12.5. The van der Waals surface area contributed by atoms with Crippen molar-refractivity contribution in [3.63, 3.8) is 0 Å². The van der Waals surface area contributed by atoms with Gasteiger partial charge >= 0.3 is 12.1 Å². The number of benzene rings is 2. The number of carbonyl (C=O) groups is 2. The highest BCUT2D eigenvalue weighted by molar-refractivity contribution is 6.34. The number of carboxylic acid groups (broad SMARTS) is 1. The highest BCUT2D eigenvalue weighted by atomic mass is 35.5. The van der Waals surface area contributed by atoms with Crippen LogP contribution in [0.2, 0.25) is 5.02 Å². The van der Waals surface area contributed by atoms with Crippen LogP contribution in [0.4, 0.5) is 24.7 Å². The fourth-order valence-electron chi connectivity index (χ4n) is 4.43. The number of hydrogen-bond acceptors (Lipinski definition) is 6. The van der Waals surface area contributed by atoms with E-state index < -0.39 is 12.1 Å². The molecule has 2 aliphatic heterocycles. The van der Waals surface area contributed by atoms with E-state index in [-0.39, 0.29) is 5.91 Å². The van der Waals surface area contributed by atoms with E-state index >= 15 is 0 Å². The summed E-state index contributed by atoms with van der Waals surface area (Å²) in [6.07, 6.45) is -2.52. The van der Waals surface area contributed by atoms with Gasteiger partial charge in [-0.25, -0.2) is 9.78 Å². The number of hydrogen-bond donors (Lipinski definition) is 3. The summed E-state index contributed by atoms with van der Waals surface area (Å²) in [7, 11) is 2.16. The number of carboxylic acids is 1. The first kappa shape index (κ1) is 28.2. The second-order valence-electron chi connectivity index (χ2n) is 9.29. The summed E-state index contributed by atoms with van der Waals surface area (Å²) in [6, 6.07) is 14.3. The summed E-state index contributed by atoms with van der Waals surface area (Å²) >= 11 is 6.58. The molecule has 0 saturated carbocycles. The molecule has 3 aromatic rings. The van der Waals surface area contributed by atoms with E-state index in [9.17, 15) is 18.0 Å². The molecule has 8 nitrogen and oxygen atoms in total. The third kappa shape index (κ3) is 6.61. The van der Waals surface area contributed by atoms with Crippen molar-refractivity contribution in [2.75, 3.05) is 50.4 Å². The molecule has 39 heavy (non-hydrogen) atoms. The number of aliphatic carboxylic acids is 1. The number of alkyl halides is 3. The average molecular weight is 562 g/mol. The third-order valence-corrected chi connectivity index (χ3v) is 6.95. The van der Waals surface area contributed by atoms with E-state index in [1.807, 2.05) is 12.1 Å². The first-order chi connectivity index (χ1) is 18.4. The van der Waals surface area contributed by atoms with Gasteiger partial charge in [-0.2, -0.15) is 13.2 Å². The van der Waals surface area contributed by atoms with Crippen LogP contribution in [-0.4, -0.2) is 72.8 Å². The van der Waals surface area contributed by atoms with Crippen LogP contribution in [0.1, 0.15) is 15.9 Å². The molecule has 5 rings (SSSR count). The lowest BCUT2D eigenvalue weighted by atomic mass is 9.94. The standard InChI is InChI=1S/C25H26ClN5O.C2HF3O2/c1-30-8-10-31(11-9-30)19-4-2-16(3-5-19)18-13-22(24(27)29-15-18)21-12-17-6-7-28-25(32)20(17)14-23(21)26;3-2(4,5)1(6)7/h2-5,12-15H,6-11H2,1H3,(H2,27,29)(H,28,32);(H,6,7). The number of nitrogen functional groups attached to an aromatic ring is 1. The smallest absolute Gasteiger partial charge is 0.475 e. The van der Waals surface area contributed by atoms with Gasteiger partial charge < -0.3 is 26.0 Å². The van der Waals surface area contributed by atoms with Crippen LogP contribution in [0, 0.1) is 0 Å². The van der Waals surface area contributed by atoms with E-state index in [2.05, 4.69) is 51.4 Å². The number of nitrogens with two attached hydrogens (primary N) is 1. The zero-order valence-corrected chi connectivity index (χ0v) is 21.8. The topological polar surface area (TPSA) is 112 Å². The Kier molecular flexibility index (Phi) is 8.31. The summed E-state index contributed by atoms with van der Waals surface area (Å²) in [5.74, 6) is -2.42. The predicted molar refractivity (Wildman–Crippen MR) is 144 cm³/mol. The maximum absolute atomic E-state index is 12.1. The van der Waals surface area contributed by atoms with Gasteiger partial charge in [0.2, 0.25) is 0 Å². The summed E-state index contributed by atoms with van der Waals surface area (Å²) in [4.78, 5) is 30.2. The van der Waals surface area contributed by atoms with Crippen molar-refractivity contribution in [1.29, 1.82) is 0 Å². The number of likely N-dealkylation sites (N-methyl/N-ethyl adjacent to an activating group) is 1. The summed E-state index contributed by atoms with van der Waals surface area (Å²) in [5.41, 5.74) is 12.7. The van der Waals surface area contributed by atoms with Crippen molar-refractivity contribution < 1.29 is 27.9 Å². The molecule has 206 valence electrons. The minimum atomic E-state index is -5.08. The van der Waals surface area contributed by atoms with Gasteiger partial charge in [-0.3, -0.25) is 4.79 Å². The minimum Gasteiger partial charge on any atom is -0.475 e. The monoisotopic (exact) mass is 561 g/mol. The molecule has 2 aromatic carbocycles. The Labute approximate surface area is 228 Å². The Hall–Kier alpha value is -3.83. The summed E-state index contributed by atoms with van der Waals surface area (Å²) in [6.45, 7) is 4.86. The number of pyridine rings is 1. The fourth-order valence-corrected chi connectivity index (χ4v) is 4.69. The second-order valence-corrected chi connectivity index (χ2v) is 9.70. The van der Waals surface area contributed by atoms with Gasteiger partial charge in [0.25, 0.3) is 5.91 Å². The van der Waals surface area contributed by atoms with Gasteiger partial charge in [0.1, 0.15) is 5.82 Å². The third-order valence-electron chi connectivity index (χ3n) is 6.64. The molecule has 1 aromatic heterocycles. The molecule has 0 atom stereocenters. The average Bonchev–Trinajstić information content (AvgIpc) is 2.90. The molecule has 0 spiro atoms. The molecule has 12 heteroatoms. The van der Waals surface area contributed by atoms with Crippen molar-refractivity contribution in [1.82, 2.24) is 15.2 Å². The van der Waals surface area contributed by atoms with Gasteiger partial charge in [0.15, 0.2) is 0 Å². The quantitative estimate of drug-likeness (QED) is 0.436. The van der Waals surface area contributed by atoms with Crippen molar-refractivity contribution in [3.8, 4) is 22.3 Å². The predicted octanol–water partition coefficient (Wildman–Crippen LogP) is 4.32. The minimum absolute atomic E-state index is 0.0833. The molecule has 0 aliphatic carbocycles. The largest absolute Gasteiger partial charge is 0.490 e. The lowest BCUT2D eigenvalue weighted by Gasteiger charge is -2.34. The van der Waals surface area contributed by atoms with E-state index in [1.54, 1.807) is 12.3 Å². The van der Waals surface area contributed by atoms with Gasteiger partial charge in [-0.05, 0) is 54.9 Å². The maximum atomic E-state index is 12.1. The number of anilines is 2. The number of aromatic nitrogens is 1. The number of amides is 1. The summed E-state index contributed by atoms with van der Waals surface area (Å²) in [5, 5.41) is 10.5. The normalized spacial score (nSPS) is 15.6. The van der Waals surface area contributed by atoms with E-state index in [1.165, 1.54) is 5.69 Å². The molecule has 0 unspecified atom stereocenters. The molecular formula is C27H27ClF3N5O3. The molecule has 0 radical (unpaired) electrons. The molecule has 3 heterocycles. The Balaban J connectivity index is 0.000000448. The zero-order valence-electron chi connectivity index (χ0n) is 21.1. The Morgan fingerprint density at radius 3 is 2.28 bits per heavy atom. The van der Waals surface area contributed by atoms with Crippen LogP contribution < -0.4 is 16.0 Å². The van der Waals surface area contributed by atoms with Crippen LogP contribution in [-0.2, 0) is 11.2 Å². The number of carbonyl (C=O) groups excluding carboxylic acids is 1. The molecular weight excluding hydrogens is 535 g/mol. The van der Waals surface area contributed by atoms with Gasteiger partial charge in [-0.1, -0.05) is 23.7 Å². The summed E-state index contributed by atoms with van der Waals surface area (Å²) < 4.78 is 31.7. The number of halogens is 4. The van der Waals surface area contributed by atoms with Crippen molar-refractivity contribution in [3.05, 3.63) is 64.8 Å². The SMILES string of the molecule is CN1CCN(c2ccc(-c3cnc(N)c(-c4cc5c(cc4Cl)C(=O)NCC5)c3)cc2)CC1.O=C(O)C(F)(F)F. The molecule has 1 saturated heterocycles. The Bertz CT molecular complexity index is 1370. The fraction of sp³-hybridized carbons (Fsp3) is 0.296. The van der Waals surface area contributed by atoms with E-state index in [0.717, 1.165) is 60.4 Å². The van der Waals surface area contributed by atoms with Crippen LogP contribution in [0.5, 0.6) is 0 Å². The number of rotatable bonds is 3. The highest BCUT2D eigenvalue weighted by Gasteiger charge is 2.38. The van der Waals surface area contributed by atoms with Crippen molar-refractivity contribution >= 4 is 35.0 Å². The van der Waals surface area contributed by atoms with Crippen molar-refractivity contribution in [2.45, 2.75) is 12.6 Å². The molecule has 1 fully saturated rings. The van der Waals surface area contributed by atoms with E-state index in [0.29, 0.717) is 22.9 Å². The molecule has 2 aliphatic rings. The first-order valence-electron chi connectivity index (χ1n) is 12.1. The number of nitrogens with zero attached hydrogens (tertiary/aromatic N) is 3. The lowest BCUT2D eigenvalue weighted by molar-refractivity contribution is -0.192. The Morgan fingerprint density at radius 1 is 1.03 bits per heavy atom. The number of fused-ring (bicyclic) bond motifs is 1. The van der Waals surface area contributed by atoms with Crippen LogP contribution in [0.3, 0.4) is 0 Å². The number of piperazine rings is 1. The van der Waals surface area contributed by atoms with Crippen LogP contribution in [0.15, 0.2) is 48.7 Å². The second kappa shape index (κ2) is 11.5. The van der Waals surface area contributed by atoms with E-state index in [4.69, 9.17) is 27.2 Å². The van der Waals surface area contributed by atoms with Crippen molar-refractivity contribution in [2.24, 2.45) is 0 Å². The van der Waals surface area contributed by atoms with Crippen LogP contribution >= 0.6 is 11.6 Å². The number of nitrogens with one attached hydrogen (secondary N) is 1. The van der Waals surface area contributed by atoms with Crippen LogP contribution in [0.25, 0.3) is 22.3 Å². The molecule has 4 N–H and O–H groups in total. The Morgan fingerprint density at radius 2 is 1.67 bits per heavy atom. The zero-order chi connectivity index (χ0) is 28.3. The highest BCUT2D eigenvalue weighted by Crippen LogP contribution is 2.37.